The molecule has 1 saturated heterocycles. The maximum absolute atomic E-state index is 11.4. The van der Waals surface area contributed by atoms with Gasteiger partial charge in [-0.2, -0.15) is 0 Å². The van der Waals surface area contributed by atoms with E-state index in [4.69, 9.17) is 0 Å². The molecule has 0 saturated carbocycles. The Morgan fingerprint density at radius 1 is 1.17 bits per heavy atom. The number of amides is 1. The van der Waals surface area contributed by atoms with Gasteiger partial charge in [-0.1, -0.05) is 46.3 Å². The second-order valence-corrected chi connectivity index (χ2v) is 9.19. The molecule has 1 amide bonds. The Kier molecular flexibility index (Phi) is 4.64. The van der Waals surface area contributed by atoms with Crippen LogP contribution in [0.2, 0.25) is 0 Å². The van der Waals surface area contributed by atoms with Gasteiger partial charge in [0.1, 0.15) is 5.82 Å². The van der Waals surface area contributed by atoms with Crippen LogP contribution >= 0.6 is 27.3 Å². The third-order valence-corrected chi connectivity index (χ3v) is 7.01. The highest BCUT2D eigenvalue weighted by Gasteiger charge is 2.31. The van der Waals surface area contributed by atoms with E-state index in [0.29, 0.717) is 6.54 Å². The van der Waals surface area contributed by atoms with E-state index >= 15 is 0 Å². The van der Waals surface area contributed by atoms with E-state index in [1.54, 1.807) is 17.5 Å². The molecule has 1 unspecified atom stereocenters. The third-order valence-electron chi connectivity index (χ3n) is 5.37. The lowest BCUT2D eigenvalue weighted by Gasteiger charge is -2.19. The minimum Gasteiger partial charge on any atom is -0.465 e. The summed E-state index contributed by atoms with van der Waals surface area (Å²) in [6.07, 6.45) is 2.58. The Hall–Kier alpha value is -2.64. The Bertz CT molecular complexity index is 1200. The van der Waals surface area contributed by atoms with Crippen LogP contribution in [-0.4, -0.2) is 32.6 Å². The Morgan fingerprint density at radius 3 is 2.76 bits per heavy atom. The van der Waals surface area contributed by atoms with E-state index in [2.05, 4.69) is 74.4 Å². The summed E-state index contributed by atoms with van der Waals surface area (Å²) in [7, 11) is 0. The molecule has 29 heavy (non-hydrogen) atoms. The van der Waals surface area contributed by atoms with E-state index in [-0.39, 0.29) is 6.04 Å². The molecule has 5 rings (SSSR count). The summed E-state index contributed by atoms with van der Waals surface area (Å²) in [5.41, 5.74) is 3.12. The number of H-pyrrole nitrogens is 1. The Balaban J connectivity index is 1.40. The lowest BCUT2D eigenvalue weighted by Crippen LogP contribution is -2.29. The number of nitrogens with zero attached hydrogens (tertiary/aromatic N) is 2. The smallest absolute Gasteiger partial charge is 0.407 e. The van der Waals surface area contributed by atoms with Crippen molar-refractivity contribution >= 4 is 43.4 Å². The maximum atomic E-state index is 11.4. The van der Waals surface area contributed by atoms with Gasteiger partial charge in [-0.3, -0.25) is 4.90 Å². The van der Waals surface area contributed by atoms with Crippen molar-refractivity contribution in [3.8, 4) is 21.7 Å². The van der Waals surface area contributed by atoms with Crippen molar-refractivity contribution in [3.63, 3.8) is 0 Å². The van der Waals surface area contributed by atoms with Gasteiger partial charge < -0.3 is 10.1 Å². The first-order valence-corrected chi connectivity index (χ1v) is 11.0. The number of halogens is 1. The molecule has 1 atom stereocenters. The minimum absolute atomic E-state index is 0.182. The second kappa shape index (κ2) is 7.31. The average Bonchev–Trinajstić information content (AvgIpc) is 3.45. The van der Waals surface area contributed by atoms with Crippen molar-refractivity contribution in [2.75, 3.05) is 6.54 Å². The number of benzene rings is 2. The molecule has 2 aromatic carbocycles. The summed E-state index contributed by atoms with van der Waals surface area (Å²) in [6, 6.07) is 16.8. The summed E-state index contributed by atoms with van der Waals surface area (Å²) in [5.74, 6) is 0.721. The highest BCUT2D eigenvalue weighted by molar-refractivity contribution is 9.10. The SMILES string of the molecule is O=C(O)N1CCCC1c1ncc(-c2ccc(-c3cc4ccc(Br)cc4s3)cc2)[nH]1. The van der Waals surface area contributed by atoms with Gasteiger partial charge >= 0.3 is 6.09 Å². The zero-order valence-electron chi connectivity index (χ0n) is 15.4. The van der Waals surface area contributed by atoms with Crippen molar-refractivity contribution in [1.82, 2.24) is 14.9 Å². The molecule has 5 nitrogen and oxygen atoms in total. The van der Waals surface area contributed by atoms with Gasteiger partial charge in [-0.05, 0) is 47.6 Å². The number of thiophene rings is 1. The summed E-state index contributed by atoms with van der Waals surface area (Å²) < 4.78 is 2.35. The minimum atomic E-state index is -0.884. The molecule has 4 aromatic rings. The van der Waals surface area contributed by atoms with Crippen molar-refractivity contribution in [2.24, 2.45) is 0 Å². The van der Waals surface area contributed by atoms with E-state index in [9.17, 15) is 9.90 Å². The number of fused-ring (bicyclic) bond motifs is 1. The first kappa shape index (κ1) is 18.4. The van der Waals surface area contributed by atoms with Crippen LogP contribution in [0.5, 0.6) is 0 Å². The van der Waals surface area contributed by atoms with Gasteiger partial charge in [0.05, 0.1) is 17.9 Å². The van der Waals surface area contributed by atoms with E-state index < -0.39 is 6.09 Å². The summed E-state index contributed by atoms with van der Waals surface area (Å²) in [6.45, 7) is 0.566. The van der Waals surface area contributed by atoms with Crippen LogP contribution in [0.25, 0.3) is 31.8 Å². The van der Waals surface area contributed by atoms with Gasteiger partial charge in [0.2, 0.25) is 0 Å². The first-order chi connectivity index (χ1) is 14.1. The Labute approximate surface area is 180 Å². The number of hydrogen-bond donors (Lipinski definition) is 2. The molecule has 1 aliphatic rings. The molecular weight excluding hydrogens is 450 g/mol. The number of carbonyl (C=O) groups is 1. The number of carboxylic acid groups (broad SMARTS) is 1. The lowest BCUT2D eigenvalue weighted by molar-refractivity contribution is 0.139. The predicted octanol–water partition coefficient (Wildman–Crippen LogP) is 6.54. The van der Waals surface area contributed by atoms with E-state index in [1.165, 1.54) is 25.4 Å². The van der Waals surface area contributed by atoms with Gasteiger partial charge in [-0.25, -0.2) is 9.78 Å². The van der Waals surface area contributed by atoms with Crippen LogP contribution in [0.3, 0.4) is 0 Å². The molecule has 1 aliphatic heterocycles. The monoisotopic (exact) mass is 467 g/mol. The number of likely N-dealkylation sites (tertiary alicyclic amines) is 1. The fourth-order valence-corrected chi connectivity index (χ4v) is 5.51. The molecule has 0 bridgehead atoms. The number of aromatic nitrogens is 2. The molecule has 2 aromatic heterocycles. The number of aromatic amines is 1. The molecule has 3 heterocycles. The molecule has 146 valence electrons. The van der Waals surface area contributed by atoms with E-state index in [0.717, 1.165) is 34.4 Å². The van der Waals surface area contributed by atoms with E-state index in [1.807, 2.05) is 0 Å². The molecule has 7 heteroatoms. The summed E-state index contributed by atoms with van der Waals surface area (Å²) in [5, 5.41) is 10.6. The first-order valence-electron chi connectivity index (χ1n) is 9.43. The van der Waals surface area contributed by atoms with Crippen LogP contribution in [0.1, 0.15) is 24.7 Å². The summed E-state index contributed by atoms with van der Waals surface area (Å²) in [4.78, 5) is 21.9. The number of rotatable bonds is 3. The highest BCUT2D eigenvalue weighted by Crippen LogP contribution is 2.36. The highest BCUT2D eigenvalue weighted by atomic mass is 79.9. The molecule has 0 radical (unpaired) electrons. The predicted molar refractivity (Wildman–Crippen MR) is 119 cm³/mol. The number of imidazole rings is 1. The number of nitrogens with one attached hydrogen (secondary N) is 1. The van der Waals surface area contributed by atoms with Crippen molar-refractivity contribution in [3.05, 3.63) is 65.0 Å². The zero-order chi connectivity index (χ0) is 20.0. The van der Waals surface area contributed by atoms with Crippen LogP contribution in [0.15, 0.2) is 59.2 Å². The zero-order valence-corrected chi connectivity index (χ0v) is 17.8. The van der Waals surface area contributed by atoms with Gasteiger partial charge in [0, 0.05) is 20.6 Å². The van der Waals surface area contributed by atoms with Crippen molar-refractivity contribution in [2.45, 2.75) is 18.9 Å². The van der Waals surface area contributed by atoms with Gasteiger partial charge in [0.25, 0.3) is 0 Å². The summed E-state index contributed by atoms with van der Waals surface area (Å²) >= 11 is 5.31. The van der Waals surface area contributed by atoms with Crippen LogP contribution in [0.4, 0.5) is 4.79 Å². The maximum Gasteiger partial charge on any atom is 0.407 e. The largest absolute Gasteiger partial charge is 0.465 e. The third kappa shape index (κ3) is 3.45. The molecule has 2 N–H and O–H groups in total. The Morgan fingerprint density at radius 2 is 1.97 bits per heavy atom. The van der Waals surface area contributed by atoms with Crippen molar-refractivity contribution < 1.29 is 9.90 Å². The van der Waals surface area contributed by atoms with Crippen LogP contribution in [-0.2, 0) is 0 Å². The van der Waals surface area contributed by atoms with Gasteiger partial charge in [0.15, 0.2) is 0 Å². The van der Waals surface area contributed by atoms with Gasteiger partial charge in [-0.15, -0.1) is 11.3 Å². The standard InChI is InChI=1S/C22H18BrN3O2S/c23-16-8-7-15-10-19(29-20(15)11-16)14-5-3-13(4-6-14)17-12-24-21(25-17)18-2-1-9-26(18)22(27)28/h3-8,10-12,18H,1-2,9H2,(H,24,25)(H,27,28). The van der Waals surface area contributed by atoms with Crippen molar-refractivity contribution in [1.29, 1.82) is 0 Å². The van der Waals surface area contributed by atoms with Crippen LogP contribution in [0, 0.1) is 0 Å². The lowest BCUT2D eigenvalue weighted by atomic mass is 10.1. The molecule has 0 spiro atoms. The second-order valence-electron chi connectivity index (χ2n) is 7.19. The number of hydrogen-bond acceptors (Lipinski definition) is 3. The molecule has 1 fully saturated rings. The quantitative estimate of drug-likeness (QED) is 0.359. The van der Waals surface area contributed by atoms with Crippen LogP contribution < -0.4 is 0 Å². The fourth-order valence-electron chi connectivity index (χ4n) is 3.89. The average molecular weight is 468 g/mol. The molecular formula is C22H18BrN3O2S. The topological polar surface area (TPSA) is 69.2 Å². The fraction of sp³-hybridized carbons (Fsp3) is 0.182. The normalized spacial score (nSPS) is 16.6. The molecule has 0 aliphatic carbocycles.